The highest BCUT2D eigenvalue weighted by Crippen LogP contribution is 2.21. The van der Waals surface area contributed by atoms with E-state index >= 15 is 0 Å². The molecular weight excluding hydrogens is 192 g/mol. The van der Waals surface area contributed by atoms with Gasteiger partial charge in [0.05, 0.1) is 6.10 Å². The fourth-order valence-electron chi connectivity index (χ4n) is 1.34. The van der Waals surface area contributed by atoms with E-state index in [2.05, 4.69) is 4.74 Å². The maximum absolute atomic E-state index is 10.6. The van der Waals surface area contributed by atoms with Gasteiger partial charge >= 0.3 is 5.97 Å². The Kier molecular flexibility index (Phi) is 3.43. The molecule has 82 valence electrons. The van der Waals surface area contributed by atoms with Crippen LogP contribution in [0.1, 0.15) is 13.8 Å². The maximum atomic E-state index is 10.6. The quantitative estimate of drug-likeness (QED) is 0.446. The van der Waals surface area contributed by atoms with Gasteiger partial charge in [-0.2, -0.15) is 0 Å². The van der Waals surface area contributed by atoms with Crippen LogP contribution >= 0.6 is 0 Å². The minimum atomic E-state index is -1.41. The Balaban J connectivity index is 2.68. The second kappa shape index (κ2) is 4.22. The summed E-state index contributed by atoms with van der Waals surface area (Å²) < 4.78 is 9.46. The van der Waals surface area contributed by atoms with Crippen molar-refractivity contribution in [2.45, 2.75) is 44.6 Å². The summed E-state index contributed by atoms with van der Waals surface area (Å²) in [7, 11) is 0. The van der Waals surface area contributed by atoms with Gasteiger partial charge in [0.2, 0.25) is 0 Å². The average Bonchev–Trinajstić information content (AvgIpc) is 2.09. The van der Waals surface area contributed by atoms with Gasteiger partial charge in [0.25, 0.3) is 0 Å². The number of aliphatic hydroxyl groups is 3. The van der Waals surface area contributed by atoms with Crippen LogP contribution in [0, 0.1) is 0 Å². The molecule has 0 spiro atoms. The lowest BCUT2D eigenvalue weighted by atomic mass is 10.00. The van der Waals surface area contributed by atoms with Crippen molar-refractivity contribution in [3.05, 3.63) is 0 Å². The summed E-state index contributed by atoms with van der Waals surface area (Å²) in [5.41, 5.74) is 0. The molecular formula is C8H14O6. The third kappa shape index (κ3) is 2.21. The molecule has 3 N–H and O–H groups in total. The number of hydrogen-bond acceptors (Lipinski definition) is 6. The SMILES string of the molecule is CC(=O)O[C@H]1C(O)O[C@@H](C)[C@H](O)[C@H]1O. The van der Waals surface area contributed by atoms with Gasteiger partial charge in [-0.15, -0.1) is 0 Å². The van der Waals surface area contributed by atoms with Crippen LogP contribution in [-0.4, -0.2) is 52.0 Å². The van der Waals surface area contributed by atoms with Crippen molar-refractivity contribution in [1.29, 1.82) is 0 Å². The van der Waals surface area contributed by atoms with Gasteiger partial charge in [0.1, 0.15) is 12.2 Å². The number of aliphatic hydroxyl groups excluding tert-OH is 3. The summed E-state index contributed by atoms with van der Waals surface area (Å²) in [5, 5.41) is 28.1. The summed E-state index contributed by atoms with van der Waals surface area (Å²) >= 11 is 0. The molecule has 1 fully saturated rings. The van der Waals surface area contributed by atoms with Crippen molar-refractivity contribution >= 4 is 5.97 Å². The third-order valence-corrected chi connectivity index (χ3v) is 2.10. The smallest absolute Gasteiger partial charge is 0.303 e. The van der Waals surface area contributed by atoms with Crippen LogP contribution in [0.5, 0.6) is 0 Å². The van der Waals surface area contributed by atoms with Crippen LogP contribution in [0.4, 0.5) is 0 Å². The average molecular weight is 206 g/mol. The Morgan fingerprint density at radius 1 is 1.29 bits per heavy atom. The topological polar surface area (TPSA) is 96.2 Å². The highest BCUT2D eigenvalue weighted by atomic mass is 16.7. The van der Waals surface area contributed by atoms with Crippen molar-refractivity contribution in [2.24, 2.45) is 0 Å². The molecule has 0 bridgehead atoms. The van der Waals surface area contributed by atoms with Crippen LogP contribution in [0.15, 0.2) is 0 Å². The molecule has 5 atom stereocenters. The van der Waals surface area contributed by atoms with Crippen LogP contribution in [0.3, 0.4) is 0 Å². The van der Waals surface area contributed by atoms with Gasteiger partial charge in [0.15, 0.2) is 12.4 Å². The number of ether oxygens (including phenoxy) is 2. The van der Waals surface area contributed by atoms with Gasteiger partial charge in [-0.05, 0) is 6.92 Å². The summed E-state index contributed by atoms with van der Waals surface area (Å²) in [6.07, 6.45) is -5.86. The van der Waals surface area contributed by atoms with Crippen molar-refractivity contribution < 1.29 is 29.6 Å². The van der Waals surface area contributed by atoms with Crippen LogP contribution in [0.2, 0.25) is 0 Å². The molecule has 6 heteroatoms. The monoisotopic (exact) mass is 206 g/mol. The van der Waals surface area contributed by atoms with E-state index in [1.807, 2.05) is 0 Å². The zero-order valence-corrected chi connectivity index (χ0v) is 7.95. The first-order valence-corrected chi connectivity index (χ1v) is 4.30. The molecule has 0 saturated carbocycles. The van der Waals surface area contributed by atoms with Gasteiger partial charge in [0, 0.05) is 6.92 Å². The van der Waals surface area contributed by atoms with E-state index in [0.717, 1.165) is 6.92 Å². The molecule has 0 aromatic heterocycles. The molecule has 0 radical (unpaired) electrons. The molecule has 1 rings (SSSR count). The molecule has 1 aliphatic rings. The fourth-order valence-corrected chi connectivity index (χ4v) is 1.34. The lowest BCUT2D eigenvalue weighted by Crippen LogP contribution is -2.57. The minimum Gasteiger partial charge on any atom is -0.454 e. The summed E-state index contributed by atoms with van der Waals surface area (Å²) in [6.45, 7) is 2.64. The molecule has 1 unspecified atom stereocenters. The van der Waals surface area contributed by atoms with Gasteiger partial charge in [-0.3, -0.25) is 4.79 Å². The maximum Gasteiger partial charge on any atom is 0.303 e. The van der Waals surface area contributed by atoms with Gasteiger partial charge in [-0.25, -0.2) is 0 Å². The Labute approximate surface area is 81.1 Å². The van der Waals surface area contributed by atoms with E-state index < -0.39 is 36.7 Å². The predicted molar refractivity (Wildman–Crippen MR) is 44.1 cm³/mol. The first-order chi connectivity index (χ1) is 6.43. The predicted octanol–water partition coefficient (Wildman–Crippen LogP) is -1.62. The van der Waals surface area contributed by atoms with Crippen molar-refractivity contribution in [3.63, 3.8) is 0 Å². The highest BCUT2D eigenvalue weighted by Gasteiger charge is 2.43. The highest BCUT2D eigenvalue weighted by molar-refractivity contribution is 5.66. The first kappa shape index (κ1) is 11.4. The summed E-state index contributed by atoms with van der Waals surface area (Å²) in [5.74, 6) is -0.654. The largest absolute Gasteiger partial charge is 0.454 e. The summed E-state index contributed by atoms with van der Waals surface area (Å²) in [6, 6.07) is 0. The second-order valence-electron chi connectivity index (χ2n) is 3.29. The molecule has 0 aliphatic carbocycles. The molecule has 0 aromatic rings. The lowest BCUT2D eigenvalue weighted by Gasteiger charge is -2.38. The Bertz CT molecular complexity index is 218. The second-order valence-corrected chi connectivity index (χ2v) is 3.29. The number of carbonyl (C=O) groups excluding carboxylic acids is 1. The zero-order valence-electron chi connectivity index (χ0n) is 7.95. The fraction of sp³-hybridized carbons (Fsp3) is 0.875. The molecule has 1 aliphatic heterocycles. The Morgan fingerprint density at radius 2 is 1.86 bits per heavy atom. The van der Waals surface area contributed by atoms with Crippen LogP contribution < -0.4 is 0 Å². The number of hydrogen-bond donors (Lipinski definition) is 3. The zero-order chi connectivity index (χ0) is 10.9. The van der Waals surface area contributed by atoms with Crippen molar-refractivity contribution in [3.8, 4) is 0 Å². The lowest BCUT2D eigenvalue weighted by molar-refractivity contribution is -0.282. The molecule has 0 aromatic carbocycles. The van der Waals surface area contributed by atoms with E-state index in [0.29, 0.717) is 0 Å². The van der Waals surface area contributed by atoms with E-state index in [-0.39, 0.29) is 0 Å². The number of rotatable bonds is 1. The first-order valence-electron chi connectivity index (χ1n) is 4.30. The summed E-state index contributed by atoms with van der Waals surface area (Å²) in [4.78, 5) is 10.6. The van der Waals surface area contributed by atoms with E-state index in [1.54, 1.807) is 0 Å². The van der Waals surface area contributed by atoms with Crippen LogP contribution in [-0.2, 0) is 14.3 Å². The molecule has 0 amide bonds. The Hall–Kier alpha value is -0.690. The normalized spacial score (nSPS) is 43.4. The van der Waals surface area contributed by atoms with Gasteiger partial charge in [-0.1, -0.05) is 0 Å². The van der Waals surface area contributed by atoms with Crippen LogP contribution in [0.25, 0.3) is 0 Å². The molecule has 14 heavy (non-hydrogen) atoms. The molecule has 1 saturated heterocycles. The minimum absolute atomic E-state index is 0.654. The van der Waals surface area contributed by atoms with E-state index in [1.165, 1.54) is 6.92 Å². The van der Waals surface area contributed by atoms with Gasteiger partial charge < -0.3 is 24.8 Å². The molecule has 1 heterocycles. The number of carbonyl (C=O) groups is 1. The van der Waals surface area contributed by atoms with Crippen molar-refractivity contribution in [2.75, 3.05) is 0 Å². The molecule has 6 nitrogen and oxygen atoms in total. The third-order valence-electron chi connectivity index (χ3n) is 2.10. The Morgan fingerprint density at radius 3 is 2.36 bits per heavy atom. The van der Waals surface area contributed by atoms with E-state index in [4.69, 9.17) is 4.74 Å². The standard InChI is InChI=1S/C8H14O6/c1-3-5(10)6(11)7(8(12)13-3)14-4(2)9/h3,5-8,10-12H,1-2H3/t3-,5-,6+,7+,8?/m0/s1. The van der Waals surface area contributed by atoms with Crippen molar-refractivity contribution in [1.82, 2.24) is 0 Å². The number of esters is 1. The van der Waals surface area contributed by atoms with E-state index in [9.17, 15) is 20.1 Å².